The van der Waals surface area contributed by atoms with E-state index in [0.29, 0.717) is 9.79 Å². The van der Waals surface area contributed by atoms with Crippen LogP contribution in [0.4, 0.5) is 0 Å². The molecule has 0 aromatic heterocycles. The van der Waals surface area contributed by atoms with E-state index in [-0.39, 0.29) is 0 Å². The number of hydrogen-bond acceptors (Lipinski definition) is 3. The number of rotatable bonds is 3. The topological polar surface area (TPSA) is 34.1 Å². The first-order valence-corrected chi connectivity index (χ1v) is 8.21. The first-order valence-electron chi connectivity index (χ1n) is 5.50. The molecule has 0 N–H and O–H groups in total. The second kappa shape index (κ2) is 5.16. The Morgan fingerprint density at radius 3 is 2.17 bits per heavy atom. The van der Waals surface area contributed by atoms with E-state index >= 15 is 0 Å². The Morgan fingerprint density at radius 1 is 0.944 bits per heavy atom. The standard InChI is InChI=1S/C14H14O2S2/c1-11-7-9-12(10-8-11)18(15,16)14-6-4-3-5-13(14)17-2/h3-10H,1-2H3. The summed E-state index contributed by atoms with van der Waals surface area (Å²) in [4.78, 5) is 1.49. The van der Waals surface area contributed by atoms with Gasteiger partial charge in [-0.25, -0.2) is 8.42 Å². The zero-order valence-electron chi connectivity index (χ0n) is 10.3. The van der Waals surface area contributed by atoms with Gasteiger partial charge >= 0.3 is 0 Å². The molecule has 0 atom stereocenters. The lowest BCUT2D eigenvalue weighted by Crippen LogP contribution is -2.03. The Kier molecular flexibility index (Phi) is 3.78. The monoisotopic (exact) mass is 278 g/mol. The second-order valence-electron chi connectivity index (χ2n) is 3.97. The van der Waals surface area contributed by atoms with Gasteiger partial charge in [-0.2, -0.15) is 0 Å². The lowest BCUT2D eigenvalue weighted by Gasteiger charge is -2.08. The molecule has 4 heteroatoms. The van der Waals surface area contributed by atoms with Crippen LogP contribution < -0.4 is 0 Å². The molecule has 2 rings (SSSR count). The molecule has 0 heterocycles. The van der Waals surface area contributed by atoms with Crippen LogP contribution in [-0.2, 0) is 9.84 Å². The number of benzene rings is 2. The van der Waals surface area contributed by atoms with Crippen LogP contribution >= 0.6 is 11.8 Å². The van der Waals surface area contributed by atoms with Crippen molar-refractivity contribution in [2.24, 2.45) is 0 Å². The minimum Gasteiger partial charge on any atom is -0.218 e. The van der Waals surface area contributed by atoms with Crippen LogP contribution in [0.15, 0.2) is 63.2 Å². The average molecular weight is 278 g/mol. The molecule has 2 aromatic carbocycles. The molecule has 0 aliphatic carbocycles. The van der Waals surface area contributed by atoms with Gasteiger partial charge in [0.25, 0.3) is 0 Å². The lowest BCUT2D eigenvalue weighted by molar-refractivity contribution is 0.594. The summed E-state index contributed by atoms with van der Waals surface area (Å²) in [6, 6.07) is 14.0. The fourth-order valence-corrected chi connectivity index (χ4v) is 4.09. The predicted octanol–water partition coefficient (Wildman–Crippen LogP) is 3.55. The highest BCUT2D eigenvalue weighted by atomic mass is 32.2. The third-order valence-electron chi connectivity index (χ3n) is 2.69. The lowest BCUT2D eigenvalue weighted by atomic mass is 10.2. The molecule has 0 unspecified atom stereocenters. The van der Waals surface area contributed by atoms with Crippen LogP contribution in [0.1, 0.15) is 5.56 Å². The van der Waals surface area contributed by atoms with Crippen molar-refractivity contribution >= 4 is 21.6 Å². The molecule has 2 aromatic rings. The van der Waals surface area contributed by atoms with Gasteiger partial charge in [-0.1, -0.05) is 29.8 Å². The van der Waals surface area contributed by atoms with E-state index in [1.165, 1.54) is 11.8 Å². The van der Waals surface area contributed by atoms with Crippen molar-refractivity contribution in [3.63, 3.8) is 0 Å². The molecular formula is C14H14O2S2. The van der Waals surface area contributed by atoms with Crippen molar-refractivity contribution < 1.29 is 8.42 Å². The summed E-state index contributed by atoms with van der Waals surface area (Å²) >= 11 is 1.44. The highest BCUT2D eigenvalue weighted by molar-refractivity contribution is 7.99. The SMILES string of the molecule is CSc1ccccc1S(=O)(=O)c1ccc(C)cc1. The zero-order valence-corrected chi connectivity index (χ0v) is 11.9. The third-order valence-corrected chi connectivity index (χ3v) is 5.44. The van der Waals surface area contributed by atoms with Crippen molar-refractivity contribution in [1.29, 1.82) is 0 Å². The molecule has 0 radical (unpaired) electrons. The molecule has 0 bridgehead atoms. The van der Waals surface area contributed by atoms with Crippen LogP contribution in [0, 0.1) is 6.92 Å². The number of sulfone groups is 1. The molecule has 0 saturated heterocycles. The maximum Gasteiger partial charge on any atom is 0.207 e. The fourth-order valence-electron chi connectivity index (χ4n) is 1.69. The molecule has 0 saturated carbocycles. The highest BCUT2D eigenvalue weighted by Gasteiger charge is 2.20. The summed E-state index contributed by atoms with van der Waals surface area (Å²) in [5.41, 5.74) is 1.05. The van der Waals surface area contributed by atoms with E-state index in [2.05, 4.69) is 0 Å². The predicted molar refractivity (Wildman–Crippen MR) is 74.9 cm³/mol. The number of thioether (sulfide) groups is 1. The van der Waals surface area contributed by atoms with E-state index < -0.39 is 9.84 Å². The summed E-state index contributed by atoms with van der Waals surface area (Å²) in [5, 5.41) is 0. The largest absolute Gasteiger partial charge is 0.218 e. The number of hydrogen-bond donors (Lipinski definition) is 0. The Morgan fingerprint density at radius 2 is 1.56 bits per heavy atom. The van der Waals surface area contributed by atoms with Gasteiger partial charge in [-0.3, -0.25) is 0 Å². The van der Waals surface area contributed by atoms with Gasteiger partial charge in [0.05, 0.1) is 9.79 Å². The van der Waals surface area contributed by atoms with Crippen LogP contribution in [0.25, 0.3) is 0 Å². The van der Waals surface area contributed by atoms with Gasteiger partial charge in [0, 0.05) is 4.90 Å². The minimum atomic E-state index is -3.42. The Hall–Kier alpha value is -1.26. The van der Waals surface area contributed by atoms with Crippen LogP contribution in [0.3, 0.4) is 0 Å². The van der Waals surface area contributed by atoms with Gasteiger partial charge in [-0.05, 0) is 37.4 Å². The molecule has 18 heavy (non-hydrogen) atoms. The van der Waals surface area contributed by atoms with Gasteiger partial charge in [0.1, 0.15) is 0 Å². The summed E-state index contributed by atoms with van der Waals surface area (Å²) in [6.07, 6.45) is 1.88. The van der Waals surface area contributed by atoms with Gasteiger partial charge in [0.15, 0.2) is 0 Å². The van der Waals surface area contributed by atoms with E-state index in [1.54, 1.807) is 24.3 Å². The van der Waals surface area contributed by atoms with Crippen molar-refractivity contribution in [1.82, 2.24) is 0 Å². The van der Waals surface area contributed by atoms with Gasteiger partial charge in [0.2, 0.25) is 9.84 Å². The summed E-state index contributed by atoms with van der Waals surface area (Å²) < 4.78 is 25.0. The molecule has 0 fully saturated rings. The fraction of sp³-hybridized carbons (Fsp3) is 0.143. The molecule has 2 nitrogen and oxygen atoms in total. The van der Waals surface area contributed by atoms with E-state index in [1.807, 2.05) is 37.4 Å². The number of aryl methyl sites for hydroxylation is 1. The van der Waals surface area contributed by atoms with Crippen molar-refractivity contribution in [2.75, 3.05) is 6.26 Å². The molecule has 0 aliphatic heterocycles. The third kappa shape index (κ3) is 2.44. The molecular weight excluding hydrogens is 264 g/mol. The Labute approximate surface area is 112 Å². The average Bonchev–Trinajstić information content (AvgIpc) is 2.39. The van der Waals surface area contributed by atoms with Gasteiger partial charge in [-0.15, -0.1) is 11.8 Å². The summed E-state index contributed by atoms with van der Waals surface area (Å²) in [7, 11) is -3.42. The molecule has 0 aliphatic rings. The molecule has 0 spiro atoms. The quantitative estimate of drug-likeness (QED) is 0.805. The van der Waals surface area contributed by atoms with Gasteiger partial charge < -0.3 is 0 Å². The van der Waals surface area contributed by atoms with Crippen molar-refractivity contribution in [3.8, 4) is 0 Å². The highest BCUT2D eigenvalue weighted by Crippen LogP contribution is 2.29. The van der Waals surface area contributed by atoms with E-state index in [4.69, 9.17) is 0 Å². The minimum absolute atomic E-state index is 0.342. The second-order valence-corrected chi connectivity index (χ2v) is 6.73. The Bertz CT molecular complexity index is 644. The normalized spacial score (nSPS) is 11.4. The van der Waals surface area contributed by atoms with Crippen molar-refractivity contribution in [2.45, 2.75) is 21.6 Å². The van der Waals surface area contributed by atoms with Crippen LogP contribution in [-0.4, -0.2) is 14.7 Å². The van der Waals surface area contributed by atoms with Crippen molar-refractivity contribution in [3.05, 3.63) is 54.1 Å². The zero-order chi connectivity index (χ0) is 13.2. The van der Waals surface area contributed by atoms with E-state index in [0.717, 1.165) is 10.5 Å². The summed E-state index contributed by atoms with van der Waals surface area (Å²) in [6.45, 7) is 1.94. The summed E-state index contributed by atoms with van der Waals surface area (Å²) in [5.74, 6) is 0. The first kappa shape index (κ1) is 13.2. The molecule has 0 amide bonds. The van der Waals surface area contributed by atoms with Crippen LogP contribution in [0.5, 0.6) is 0 Å². The maximum absolute atomic E-state index is 12.5. The Balaban J connectivity index is 2.58. The first-order chi connectivity index (χ1) is 8.55. The maximum atomic E-state index is 12.5. The van der Waals surface area contributed by atoms with E-state index in [9.17, 15) is 8.42 Å². The van der Waals surface area contributed by atoms with Crippen LogP contribution in [0.2, 0.25) is 0 Å². The molecule has 94 valence electrons. The smallest absolute Gasteiger partial charge is 0.207 e.